The molecule has 1 atom stereocenters. The first-order valence-corrected chi connectivity index (χ1v) is 24.8. The van der Waals surface area contributed by atoms with Crippen LogP contribution in [0.5, 0.6) is 0 Å². The molecule has 0 fully saturated rings. The topological polar surface area (TPSA) is 119 Å². The summed E-state index contributed by atoms with van der Waals surface area (Å²) in [6.45, 7) is 3.55. The van der Waals surface area contributed by atoms with Crippen molar-refractivity contribution < 1.29 is 37.9 Å². The number of rotatable bonds is 42. The van der Waals surface area contributed by atoms with Gasteiger partial charge in [0.1, 0.15) is 6.61 Å². The lowest BCUT2D eigenvalue weighted by Crippen LogP contribution is -2.29. The number of hydrogen-bond acceptors (Lipinski definition) is 6. The summed E-state index contributed by atoms with van der Waals surface area (Å²) in [6, 6.07) is 0. The number of carbonyl (C=O) groups is 2. The molecule has 0 aliphatic heterocycles. The van der Waals surface area contributed by atoms with Gasteiger partial charge in [-0.3, -0.25) is 14.1 Å². The number of phosphoric acid groups is 1. The Labute approximate surface area is 355 Å². The summed E-state index contributed by atoms with van der Waals surface area (Å²) in [5.41, 5.74) is 0. The summed E-state index contributed by atoms with van der Waals surface area (Å²) < 4.78 is 26.4. The molecule has 0 aromatic carbocycles. The highest BCUT2D eigenvalue weighted by molar-refractivity contribution is 7.46. The van der Waals surface area contributed by atoms with E-state index in [0.717, 1.165) is 77.0 Å². The molecular formula is C49H85O8P. The van der Waals surface area contributed by atoms with Crippen LogP contribution in [-0.2, 0) is 28.2 Å². The highest BCUT2D eigenvalue weighted by Crippen LogP contribution is 2.36. The number of hydrogen-bond donors (Lipinski definition) is 2. The van der Waals surface area contributed by atoms with Gasteiger partial charge in [-0.1, -0.05) is 183 Å². The lowest BCUT2D eigenvalue weighted by Gasteiger charge is -2.18. The van der Waals surface area contributed by atoms with E-state index in [-0.39, 0.29) is 19.4 Å². The van der Waals surface area contributed by atoms with Crippen LogP contribution >= 0.6 is 7.82 Å². The number of esters is 2. The molecule has 9 heteroatoms. The lowest BCUT2D eigenvalue weighted by atomic mass is 10.0. The molecule has 334 valence electrons. The van der Waals surface area contributed by atoms with E-state index < -0.39 is 32.5 Å². The van der Waals surface area contributed by atoms with Crippen LogP contribution in [0.2, 0.25) is 0 Å². The first kappa shape index (κ1) is 55.5. The first-order valence-electron chi connectivity index (χ1n) is 23.2. The van der Waals surface area contributed by atoms with Crippen molar-refractivity contribution in [2.75, 3.05) is 13.2 Å². The van der Waals surface area contributed by atoms with Crippen molar-refractivity contribution in [3.8, 4) is 0 Å². The molecule has 0 aliphatic rings. The molecule has 58 heavy (non-hydrogen) atoms. The molecule has 0 aromatic rings. The Hall–Kier alpha value is -2.51. The van der Waals surface area contributed by atoms with Crippen molar-refractivity contribution >= 4 is 19.8 Å². The van der Waals surface area contributed by atoms with Gasteiger partial charge in [-0.2, -0.15) is 0 Å². The van der Waals surface area contributed by atoms with Gasteiger partial charge >= 0.3 is 19.8 Å². The Kier molecular flexibility index (Phi) is 42.1. The summed E-state index contributed by atoms with van der Waals surface area (Å²) in [5.74, 6) is -0.916. The zero-order valence-electron chi connectivity index (χ0n) is 36.9. The monoisotopic (exact) mass is 833 g/mol. The average Bonchev–Trinajstić information content (AvgIpc) is 3.20. The van der Waals surface area contributed by atoms with Crippen molar-refractivity contribution in [1.29, 1.82) is 0 Å². The van der Waals surface area contributed by atoms with Crippen LogP contribution in [0, 0.1) is 0 Å². The van der Waals surface area contributed by atoms with Crippen molar-refractivity contribution in [3.05, 3.63) is 72.9 Å². The zero-order chi connectivity index (χ0) is 42.5. The normalized spacial score (nSPS) is 13.1. The molecule has 0 saturated carbocycles. The fraction of sp³-hybridized carbons (Fsp3) is 0.714. The number of phosphoric ester groups is 1. The maximum absolute atomic E-state index is 12.4. The SMILES string of the molecule is CC/C=C\C/C=C\C/C=C\C/C=C\CCCCCCC(=O)OC(COC(=O)CCCCCCCCCCCCC/C=C\C/C=C\CCCCCCC)COP(=O)(O)O. The summed E-state index contributed by atoms with van der Waals surface area (Å²) in [5, 5.41) is 0. The van der Waals surface area contributed by atoms with E-state index in [9.17, 15) is 14.2 Å². The number of allylic oxidation sites excluding steroid dienone is 12. The fourth-order valence-corrected chi connectivity index (χ4v) is 6.64. The van der Waals surface area contributed by atoms with Crippen LogP contribution in [0.4, 0.5) is 0 Å². The van der Waals surface area contributed by atoms with Gasteiger partial charge in [0.15, 0.2) is 6.10 Å². The summed E-state index contributed by atoms with van der Waals surface area (Å²) in [4.78, 5) is 43.0. The third kappa shape index (κ3) is 46.2. The van der Waals surface area contributed by atoms with Crippen LogP contribution in [0.15, 0.2) is 72.9 Å². The molecule has 8 nitrogen and oxygen atoms in total. The number of ether oxygens (including phenoxy) is 2. The molecule has 0 heterocycles. The van der Waals surface area contributed by atoms with Gasteiger partial charge in [-0.05, 0) is 83.5 Å². The lowest BCUT2D eigenvalue weighted by molar-refractivity contribution is -0.161. The van der Waals surface area contributed by atoms with Crippen molar-refractivity contribution in [2.24, 2.45) is 0 Å². The highest BCUT2D eigenvalue weighted by atomic mass is 31.2. The number of carbonyl (C=O) groups excluding carboxylic acids is 2. The van der Waals surface area contributed by atoms with E-state index in [1.807, 2.05) is 0 Å². The molecule has 0 rings (SSSR count). The molecule has 1 unspecified atom stereocenters. The third-order valence-electron chi connectivity index (χ3n) is 9.71. The fourth-order valence-electron chi connectivity index (χ4n) is 6.28. The van der Waals surface area contributed by atoms with Crippen LogP contribution in [0.25, 0.3) is 0 Å². The largest absolute Gasteiger partial charge is 0.469 e. The Balaban J connectivity index is 3.90. The van der Waals surface area contributed by atoms with Crippen molar-refractivity contribution in [2.45, 2.75) is 213 Å². The number of unbranched alkanes of at least 4 members (excludes halogenated alkanes) is 20. The van der Waals surface area contributed by atoms with Gasteiger partial charge < -0.3 is 19.3 Å². The van der Waals surface area contributed by atoms with Crippen molar-refractivity contribution in [1.82, 2.24) is 0 Å². The molecular weight excluding hydrogens is 748 g/mol. The minimum atomic E-state index is -4.77. The zero-order valence-corrected chi connectivity index (χ0v) is 37.8. The van der Waals surface area contributed by atoms with Crippen LogP contribution in [0.3, 0.4) is 0 Å². The van der Waals surface area contributed by atoms with Gasteiger partial charge in [0, 0.05) is 12.8 Å². The van der Waals surface area contributed by atoms with Gasteiger partial charge in [-0.25, -0.2) is 4.57 Å². The van der Waals surface area contributed by atoms with Gasteiger partial charge in [0.2, 0.25) is 0 Å². The second kappa shape index (κ2) is 44.1. The van der Waals surface area contributed by atoms with Gasteiger partial charge in [0.25, 0.3) is 0 Å². The third-order valence-corrected chi connectivity index (χ3v) is 10.2. The standard InChI is InChI=1S/C49H85O8P/c1-3-5-7-9-11-13-15-17-19-21-22-23-24-25-26-28-29-31-33-35-37-39-41-43-48(50)55-45-47(46-56-58(52,53)54)57-49(51)44-42-40-38-36-34-32-30-27-20-18-16-14-12-10-8-6-4-2/h6,8,12,14-15,17-18,20-22,30,32,47H,3-5,7,9-11,13,16,19,23-29,31,33-46H2,1-2H3,(H2,52,53,54)/b8-6-,14-12-,17-15-,20-18-,22-21-,32-30-. The Morgan fingerprint density at radius 3 is 1.24 bits per heavy atom. The molecule has 2 N–H and O–H groups in total. The highest BCUT2D eigenvalue weighted by Gasteiger charge is 2.22. The Bertz CT molecular complexity index is 1170. The predicted octanol–water partition coefficient (Wildman–Crippen LogP) is 14.6. The summed E-state index contributed by atoms with van der Waals surface area (Å²) >= 11 is 0. The van der Waals surface area contributed by atoms with Gasteiger partial charge in [0.05, 0.1) is 6.61 Å². The molecule has 0 amide bonds. The predicted molar refractivity (Wildman–Crippen MR) is 244 cm³/mol. The summed E-state index contributed by atoms with van der Waals surface area (Å²) in [7, 11) is -4.77. The maximum Gasteiger partial charge on any atom is 0.469 e. The van der Waals surface area contributed by atoms with Gasteiger partial charge in [-0.15, -0.1) is 0 Å². The molecule has 0 aliphatic carbocycles. The van der Waals surface area contributed by atoms with E-state index in [2.05, 4.69) is 91.3 Å². The molecule has 0 aromatic heterocycles. The second-order valence-corrected chi connectivity index (χ2v) is 16.6. The Morgan fingerprint density at radius 2 is 0.828 bits per heavy atom. The van der Waals surface area contributed by atoms with Crippen molar-refractivity contribution in [3.63, 3.8) is 0 Å². The van der Waals surface area contributed by atoms with Crippen LogP contribution < -0.4 is 0 Å². The van der Waals surface area contributed by atoms with Crippen LogP contribution in [0.1, 0.15) is 206 Å². The molecule has 0 radical (unpaired) electrons. The second-order valence-electron chi connectivity index (χ2n) is 15.3. The molecule has 0 spiro atoms. The van der Waals surface area contributed by atoms with E-state index in [4.69, 9.17) is 19.3 Å². The Morgan fingerprint density at radius 1 is 0.466 bits per heavy atom. The van der Waals surface area contributed by atoms with E-state index >= 15 is 0 Å². The molecule has 0 bridgehead atoms. The van der Waals surface area contributed by atoms with E-state index in [0.29, 0.717) is 12.8 Å². The summed E-state index contributed by atoms with van der Waals surface area (Å²) in [6.07, 6.45) is 57.7. The minimum Gasteiger partial charge on any atom is -0.462 e. The minimum absolute atomic E-state index is 0.181. The average molecular weight is 833 g/mol. The quantitative estimate of drug-likeness (QED) is 0.0270. The molecule has 0 saturated heterocycles. The van der Waals surface area contributed by atoms with E-state index in [1.54, 1.807) is 0 Å². The van der Waals surface area contributed by atoms with E-state index in [1.165, 1.54) is 89.9 Å². The first-order chi connectivity index (χ1) is 28.3. The van der Waals surface area contributed by atoms with Crippen LogP contribution in [-0.4, -0.2) is 41.0 Å². The smallest absolute Gasteiger partial charge is 0.462 e. The maximum atomic E-state index is 12.4.